The number of carbonyl (C=O) groups excluding carboxylic acids is 1. The van der Waals surface area contributed by atoms with E-state index in [1.165, 1.54) is 15.6 Å². The van der Waals surface area contributed by atoms with E-state index in [2.05, 4.69) is 15.5 Å². The second kappa shape index (κ2) is 8.45. The number of thiophene rings is 1. The summed E-state index contributed by atoms with van der Waals surface area (Å²) in [7, 11) is -3.66. The van der Waals surface area contributed by atoms with E-state index in [1.807, 2.05) is 0 Å². The zero-order valence-electron chi connectivity index (χ0n) is 17.6. The van der Waals surface area contributed by atoms with Crippen molar-refractivity contribution in [3.05, 3.63) is 41.0 Å². The van der Waals surface area contributed by atoms with Gasteiger partial charge < -0.3 is 14.3 Å². The van der Waals surface area contributed by atoms with Gasteiger partial charge in [0.25, 0.3) is 0 Å². The maximum atomic E-state index is 13.3. The Morgan fingerprint density at radius 3 is 2.75 bits per heavy atom. The summed E-state index contributed by atoms with van der Waals surface area (Å²) in [6.07, 6.45) is 4.64. The van der Waals surface area contributed by atoms with E-state index >= 15 is 0 Å². The van der Waals surface area contributed by atoms with Crippen molar-refractivity contribution in [2.24, 2.45) is 5.92 Å². The van der Waals surface area contributed by atoms with Crippen LogP contribution in [0.25, 0.3) is 10.7 Å². The van der Waals surface area contributed by atoms with Crippen LogP contribution in [0, 0.1) is 12.8 Å². The van der Waals surface area contributed by atoms with Gasteiger partial charge in [-0.3, -0.25) is 4.79 Å². The van der Waals surface area contributed by atoms with Crippen LogP contribution in [0.4, 0.5) is 0 Å². The zero-order valence-corrected chi connectivity index (χ0v) is 19.2. The van der Waals surface area contributed by atoms with Crippen molar-refractivity contribution in [1.82, 2.24) is 19.8 Å². The van der Waals surface area contributed by atoms with Crippen LogP contribution in [0.3, 0.4) is 0 Å². The Labute approximate surface area is 189 Å². The third-order valence-electron chi connectivity index (χ3n) is 5.92. The van der Waals surface area contributed by atoms with Crippen LogP contribution in [-0.4, -0.2) is 41.9 Å². The Balaban J connectivity index is 1.23. The number of aryl methyl sites for hydroxylation is 1. The largest absolute Gasteiger partial charge is 0.467 e. The number of piperidine rings is 1. The minimum absolute atomic E-state index is 0.0731. The number of nitrogens with one attached hydrogen (secondary N) is 1. The molecule has 9 nitrogen and oxygen atoms in total. The Bertz CT molecular complexity index is 1200. The summed E-state index contributed by atoms with van der Waals surface area (Å²) in [5.74, 6) is 1.81. The van der Waals surface area contributed by atoms with E-state index in [1.54, 1.807) is 31.4 Å². The van der Waals surface area contributed by atoms with E-state index in [-0.39, 0.29) is 16.7 Å². The fourth-order valence-corrected chi connectivity index (χ4v) is 6.85. The van der Waals surface area contributed by atoms with Crippen LogP contribution >= 0.6 is 11.3 Å². The second-order valence-corrected chi connectivity index (χ2v) is 11.4. The van der Waals surface area contributed by atoms with Crippen molar-refractivity contribution >= 4 is 27.3 Å². The normalized spacial score (nSPS) is 18.2. The molecule has 3 aromatic rings. The van der Waals surface area contributed by atoms with Gasteiger partial charge in [-0.25, -0.2) is 8.42 Å². The summed E-state index contributed by atoms with van der Waals surface area (Å²) < 4.78 is 38.6. The summed E-state index contributed by atoms with van der Waals surface area (Å²) >= 11 is 1.35. The van der Waals surface area contributed by atoms with E-state index < -0.39 is 10.0 Å². The quantitative estimate of drug-likeness (QED) is 0.556. The molecule has 170 valence electrons. The average Bonchev–Trinajstić information content (AvgIpc) is 3.18. The number of aromatic nitrogens is 2. The molecule has 1 saturated heterocycles. The number of amides is 1. The minimum atomic E-state index is -3.66. The molecule has 1 saturated carbocycles. The van der Waals surface area contributed by atoms with Gasteiger partial charge in [0.1, 0.15) is 5.76 Å². The van der Waals surface area contributed by atoms with E-state index in [0.29, 0.717) is 65.6 Å². The van der Waals surface area contributed by atoms with Crippen molar-refractivity contribution in [1.29, 1.82) is 0 Å². The van der Waals surface area contributed by atoms with Crippen molar-refractivity contribution in [3.63, 3.8) is 0 Å². The van der Waals surface area contributed by atoms with Crippen LogP contribution in [0.5, 0.6) is 0 Å². The summed E-state index contributed by atoms with van der Waals surface area (Å²) in [6, 6.07) is 5.21. The minimum Gasteiger partial charge on any atom is -0.467 e. The summed E-state index contributed by atoms with van der Waals surface area (Å²) in [4.78, 5) is 18.5. The molecule has 0 radical (unpaired) electrons. The lowest BCUT2D eigenvalue weighted by molar-refractivity contribution is -0.126. The first-order chi connectivity index (χ1) is 15.4. The Morgan fingerprint density at radius 2 is 2.06 bits per heavy atom. The van der Waals surface area contributed by atoms with Gasteiger partial charge in [-0.05, 0) is 50.8 Å². The van der Waals surface area contributed by atoms with Crippen LogP contribution < -0.4 is 5.32 Å². The van der Waals surface area contributed by atoms with E-state index in [9.17, 15) is 13.2 Å². The number of furan rings is 1. The van der Waals surface area contributed by atoms with Gasteiger partial charge in [0.15, 0.2) is 0 Å². The smallest absolute Gasteiger partial charge is 0.244 e. The highest BCUT2D eigenvalue weighted by Crippen LogP contribution is 2.41. The van der Waals surface area contributed by atoms with Gasteiger partial charge in [0.05, 0.1) is 22.6 Å². The van der Waals surface area contributed by atoms with Gasteiger partial charge in [0.2, 0.25) is 27.6 Å². The molecular formula is C21H24N4O5S2. The topological polar surface area (TPSA) is 119 Å². The lowest BCUT2D eigenvalue weighted by Crippen LogP contribution is -2.42. The van der Waals surface area contributed by atoms with Gasteiger partial charge in [0, 0.05) is 29.8 Å². The molecule has 32 heavy (non-hydrogen) atoms. The molecule has 0 unspecified atom stereocenters. The molecule has 0 atom stereocenters. The van der Waals surface area contributed by atoms with Crippen molar-refractivity contribution in [3.8, 4) is 10.7 Å². The monoisotopic (exact) mass is 476 g/mol. The van der Waals surface area contributed by atoms with Crippen LogP contribution in [0.1, 0.15) is 48.1 Å². The van der Waals surface area contributed by atoms with Gasteiger partial charge >= 0.3 is 0 Å². The van der Waals surface area contributed by atoms with Crippen molar-refractivity contribution in [2.75, 3.05) is 13.1 Å². The first-order valence-corrected chi connectivity index (χ1v) is 12.9. The number of rotatable bonds is 7. The molecule has 1 aliphatic carbocycles. The van der Waals surface area contributed by atoms with Gasteiger partial charge in [-0.2, -0.15) is 9.29 Å². The molecule has 0 spiro atoms. The molecule has 1 N–H and O–H groups in total. The molecule has 1 amide bonds. The standard InChI is InChI=1S/C21H24N4O5S2/c1-13-18(11-17(31-13)19-23-21(30-24-19)15-4-5-15)32(27,28)25-8-6-14(7-9-25)20(26)22-12-16-3-2-10-29-16/h2-3,10-11,14-15H,4-9,12H2,1H3,(H,22,26). The molecule has 2 fully saturated rings. The van der Waals surface area contributed by atoms with Gasteiger partial charge in [-0.15, -0.1) is 11.3 Å². The molecule has 1 aliphatic heterocycles. The summed E-state index contributed by atoms with van der Waals surface area (Å²) in [5.41, 5.74) is 0. The number of carbonyl (C=O) groups is 1. The maximum absolute atomic E-state index is 13.3. The number of hydrogen-bond acceptors (Lipinski definition) is 8. The molecule has 3 aromatic heterocycles. The highest BCUT2D eigenvalue weighted by molar-refractivity contribution is 7.89. The van der Waals surface area contributed by atoms with Crippen LogP contribution in [-0.2, 0) is 21.4 Å². The zero-order chi connectivity index (χ0) is 22.3. The predicted octanol–water partition coefficient (Wildman–Crippen LogP) is 3.29. The highest BCUT2D eigenvalue weighted by atomic mass is 32.2. The fraction of sp³-hybridized carbons (Fsp3) is 0.476. The molecule has 2 aliphatic rings. The Hall–Kier alpha value is -2.50. The molecule has 0 bridgehead atoms. The van der Waals surface area contributed by atoms with Gasteiger partial charge in [-0.1, -0.05) is 5.16 Å². The molecular weight excluding hydrogens is 452 g/mol. The predicted molar refractivity (Wildman–Crippen MR) is 116 cm³/mol. The second-order valence-electron chi connectivity index (χ2n) is 8.24. The van der Waals surface area contributed by atoms with E-state index in [4.69, 9.17) is 8.94 Å². The third-order valence-corrected chi connectivity index (χ3v) is 9.12. The first-order valence-electron chi connectivity index (χ1n) is 10.7. The lowest BCUT2D eigenvalue weighted by Gasteiger charge is -2.30. The number of hydrogen-bond donors (Lipinski definition) is 1. The first kappa shape index (κ1) is 21.4. The Morgan fingerprint density at radius 1 is 1.28 bits per heavy atom. The van der Waals surface area contributed by atoms with Crippen molar-refractivity contribution in [2.45, 2.75) is 50.0 Å². The Kier molecular flexibility index (Phi) is 5.64. The van der Waals surface area contributed by atoms with E-state index in [0.717, 1.165) is 12.8 Å². The van der Waals surface area contributed by atoms with Crippen LogP contribution in [0.15, 0.2) is 38.3 Å². The number of sulfonamides is 1. The summed E-state index contributed by atoms with van der Waals surface area (Å²) in [6.45, 7) is 2.73. The average molecular weight is 477 g/mol. The third kappa shape index (κ3) is 4.24. The SMILES string of the molecule is Cc1sc(-c2noc(C3CC3)n2)cc1S(=O)(=O)N1CCC(C(=O)NCc2ccco2)CC1. The van der Waals surface area contributed by atoms with Crippen LogP contribution in [0.2, 0.25) is 0 Å². The molecule has 0 aromatic carbocycles. The highest BCUT2D eigenvalue weighted by Gasteiger charge is 2.34. The number of nitrogens with zero attached hydrogens (tertiary/aromatic N) is 3. The summed E-state index contributed by atoms with van der Waals surface area (Å²) in [5, 5.41) is 6.89. The lowest BCUT2D eigenvalue weighted by atomic mass is 9.97. The maximum Gasteiger partial charge on any atom is 0.244 e. The molecule has 4 heterocycles. The van der Waals surface area contributed by atoms with Crippen molar-refractivity contribution < 1.29 is 22.2 Å². The molecule has 11 heteroatoms. The fourth-order valence-electron chi connectivity index (χ4n) is 3.89. The molecule has 5 rings (SSSR count).